The highest BCUT2D eigenvalue weighted by molar-refractivity contribution is 7.16. The molecule has 0 bridgehead atoms. The van der Waals surface area contributed by atoms with Gasteiger partial charge in [0.15, 0.2) is 6.54 Å². The molecule has 1 aliphatic rings. The minimum Gasteiger partial charge on any atom is -0.508 e. The summed E-state index contributed by atoms with van der Waals surface area (Å²) in [6.07, 6.45) is 0. The van der Waals surface area contributed by atoms with Gasteiger partial charge in [0.1, 0.15) is 10.8 Å². The second-order valence-electron chi connectivity index (χ2n) is 7.19. The van der Waals surface area contributed by atoms with E-state index in [4.69, 9.17) is 4.74 Å². The Labute approximate surface area is 174 Å². The number of carbonyl (C=O) groups is 2. The molecule has 1 aliphatic heterocycles. The molecule has 0 spiro atoms. The van der Waals surface area contributed by atoms with Gasteiger partial charge in [0.05, 0.1) is 38.3 Å². The van der Waals surface area contributed by atoms with Crippen LogP contribution in [0.3, 0.4) is 0 Å². The van der Waals surface area contributed by atoms with Crippen LogP contribution in [0.4, 0.5) is 10.7 Å². The number of esters is 1. The fraction of sp³-hybridized carbons (Fsp3) is 0.429. The van der Waals surface area contributed by atoms with Gasteiger partial charge < -0.3 is 25.0 Å². The van der Waals surface area contributed by atoms with Gasteiger partial charge in [0.25, 0.3) is 5.91 Å². The summed E-state index contributed by atoms with van der Waals surface area (Å²) in [5, 5.41) is 12.9. The van der Waals surface area contributed by atoms with Crippen LogP contribution in [-0.2, 0) is 9.53 Å². The number of thiophene rings is 1. The second kappa shape index (κ2) is 9.28. The van der Waals surface area contributed by atoms with Gasteiger partial charge in [-0.05, 0) is 50.6 Å². The Kier molecular flexibility index (Phi) is 6.76. The number of aryl methyl sites for hydroxylation is 1. The average Bonchev–Trinajstić information content (AvgIpc) is 2.96. The molecule has 0 atom stereocenters. The first-order valence-electron chi connectivity index (χ1n) is 9.83. The molecule has 3 rings (SSSR count). The highest BCUT2D eigenvalue weighted by Gasteiger charge is 2.25. The molecule has 156 valence electrons. The Balaban J connectivity index is 1.56. The maximum Gasteiger partial charge on any atom is 0.341 e. The molecule has 1 fully saturated rings. The van der Waals surface area contributed by atoms with Crippen molar-refractivity contribution in [2.45, 2.75) is 20.8 Å². The van der Waals surface area contributed by atoms with Gasteiger partial charge in [0.2, 0.25) is 0 Å². The Morgan fingerprint density at radius 3 is 2.48 bits per heavy atom. The molecule has 1 aromatic carbocycles. The molecule has 2 heterocycles. The van der Waals surface area contributed by atoms with E-state index in [-0.39, 0.29) is 17.6 Å². The number of piperazine rings is 1. The molecule has 8 heteroatoms. The number of anilines is 2. The summed E-state index contributed by atoms with van der Waals surface area (Å²) in [6.45, 7) is 9.64. The standard InChI is InChI=1S/C21H27N3O4S/c1-4-28-21(27)19-14(2)15(3)29-20(19)22-18(26)13-23-9-11-24(12-10-23)16-5-7-17(25)8-6-16/h5-8,25H,4,9-13H2,1-3H3,(H,22,26)/p+1. The smallest absolute Gasteiger partial charge is 0.341 e. The van der Waals surface area contributed by atoms with Crippen LogP contribution in [0.2, 0.25) is 0 Å². The van der Waals surface area contributed by atoms with Crippen LogP contribution < -0.4 is 15.1 Å². The number of benzene rings is 1. The lowest BCUT2D eigenvalue weighted by molar-refractivity contribution is -0.892. The number of quaternary nitrogens is 1. The fourth-order valence-electron chi connectivity index (χ4n) is 3.48. The lowest BCUT2D eigenvalue weighted by Crippen LogP contribution is -3.15. The molecular formula is C21H28N3O4S+. The van der Waals surface area contributed by atoms with E-state index in [9.17, 15) is 14.7 Å². The molecule has 0 radical (unpaired) electrons. The number of aromatic hydroxyl groups is 1. The third-order valence-corrected chi connectivity index (χ3v) is 6.34. The van der Waals surface area contributed by atoms with Crippen molar-refractivity contribution in [1.29, 1.82) is 0 Å². The molecule has 1 aromatic heterocycles. The largest absolute Gasteiger partial charge is 0.508 e. The SMILES string of the molecule is CCOC(=O)c1c(NC(=O)C[NH+]2CCN(c3ccc(O)cc3)CC2)sc(C)c1C. The summed E-state index contributed by atoms with van der Waals surface area (Å²) in [6, 6.07) is 7.19. The Hall–Kier alpha value is -2.58. The summed E-state index contributed by atoms with van der Waals surface area (Å²) in [7, 11) is 0. The van der Waals surface area contributed by atoms with Crippen LogP contribution in [0.15, 0.2) is 24.3 Å². The van der Waals surface area contributed by atoms with Crippen molar-refractivity contribution in [2.75, 3.05) is 49.5 Å². The number of nitrogens with zero attached hydrogens (tertiary/aromatic N) is 1. The number of carbonyl (C=O) groups excluding carboxylic acids is 2. The highest BCUT2D eigenvalue weighted by atomic mass is 32.1. The lowest BCUT2D eigenvalue weighted by Gasteiger charge is -2.33. The second-order valence-corrected chi connectivity index (χ2v) is 8.41. The topological polar surface area (TPSA) is 83.3 Å². The molecular weight excluding hydrogens is 390 g/mol. The molecule has 2 aromatic rings. The summed E-state index contributed by atoms with van der Waals surface area (Å²) < 4.78 is 5.15. The monoisotopic (exact) mass is 418 g/mol. The molecule has 29 heavy (non-hydrogen) atoms. The van der Waals surface area contributed by atoms with Gasteiger partial charge in [-0.15, -0.1) is 11.3 Å². The van der Waals surface area contributed by atoms with Crippen molar-refractivity contribution in [3.8, 4) is 5.75 Å². The zero-order valence-corrected chi connectivity index (χ0v) is 17.9. The quantitative estimate of drug-likeness (QED) is 0.621. The number of hydrogen-bond donors (Lipinski definition) is 3. The molecule has 0 saturated carbocycles. The highest BCUT2D eigenvalue weighted by Crippen LogP contribution is 2.32. The Bertz CT molecular complexity index is 871. The van der Waals surface area contributed by atoms with Gasteiger partial charge in [-0.2, -0.15) is 0 Å². The normalized spacial score (nSPS) is 14.7. The zero-order chi connectivity index (χ0) is 21.0. The summed E-state index contributed by atoms with van der Waals surface area (Å²) in [5.74, 6) is -0.222. The first-order valence-corrected chi connectivity index (χ1v) is 10.6. The number of nitrogens with one attached hydrogen (secondary N) is 2. The first kappa shape index (κ1) is 21.1. The number of rotatable bonds is 6. The van der Waals surface area contributed by atoms with Crippen molar-refractivity contribution in [2.24, 2.45) is 0 Å². The van der Waals surface area contributed by atoms with Gasteiger partial charge >= 0.3 is 5.97 Å². The molecule has 0 aliphatic carbocycles. The van der Waals surface area contributed by atoms with Gasteiger partial charge in [-0.1, -0.05) is 0 Å². The summed E-state index contributed by atoms with van der Waals surface area (Å²) in [4.78, 5) is 29.3. The van der Waals surface area contributed by atoms with Crippen LogP contribution in [0.5, 0.6) is 5.75 Å². The van der Waals surface area contributed by atoms with E-state index in [2.05, 4.69) is 10.2 Å². The maximum absolute atomic E-state index is 12.6. The van der Waals surface area contributed by atoms with Crippen LogP contribution >= 0.6 is 11.3 Å². The van der Waals surface area contributed by atoms with Gasteiger partial charge in [-0.3, -0.25) is 4.79 Å². The minimum atomic E-state index is -0.389. The van der Waals surface area contributed by atoms with E-state index in [1.54, 1.807) is 19.1 Å². The van der Waals surface area contributed by atoms with Crippen LogP contribution in [0, 0.1) is 13.8 Å². The molecule has 1 saturated heterocycles. The number of phenols is 1. The molecule has 1 amide bonds. The minimum absolute atomic E-state index is 0.0927. The van der Waals surface area contributed by atoms with Crippen LogP contribution in [-0.4, -0.2) is 56.3 Å². The van der Waals surface area contributed by atoms with E-state index >= 15 is 0 Å². The van der Waals surface area contributed by atoms with E-state index in [1.807, 2.05) is 26.0 Å². The van der Waals surface area contributed by atoms with Crippen LogP contribution in [0.25, 0.3) is 0 Å². The van der Waals surface area contributed by atoms with E-state index < -0.39 is 0 Å². The van der Waals surface area contributed by atoms with Crippen molar-refractivity contribution in [3.05, 3.63) is 40.3 Å². The van der Waals surface area contributed by atoms with Crippen LogP contribution in [0.1, 0.15) is 27.7 Å². The maximum atomic E-state index is 12.6. The Morgan fingerprint density at radius 2 is 1.86 bits per heavy atom. The third kappa shape index (κ3) is 5.07. The predicted octanol–water partition coefficient (Wildman–Crippen LogP) is 1.59. The van der Waals surface area contributed by atoms with E-state index in [0.29, 0.717) is 23.7 Å². The van der Waals surface area contributed by atoms with Gasteiger partial charge in [0, 0.05) is 10.6 Å². The summed E-state index contributed by atoms with van der Waals surface area (Å²) in [5.41, 5.74) is 2.41. The van der Waals surface area contributed by atoms with Crippen molar-refractivity contribution < 1.29 is 24.3 Å². The molecule has 7 nitrogen and oxygen atoms in total. The zero-order valence-electron chi connectivity index (χ0n) is 17.1. The average molecular weight is 419 g/mol. The first-order chi connectivity index (χ1) is 13.9. The number of hydrogen-bond acceptors (Lipinski definition) is 6. The molecule has 3 N–H and O–H groups in total. The lowest BCUT2D eigenvalue weighted by atomic mass is 10.1. The van der Waals surface area contributed by atoms with Crippen molar-refractivity contribution in [3.63, 3.8) is 0 Å². The number of phenolic OH excluding ortho intramolecular Hbond substituents is 1. The number of ether oxygens (including phenoxy) is 1. The van der Waals surface area contributed by atoms with E-state index in [0.717, 1.165) is 42.3 Å². The van der Waals surface area contributed by atoms with Gasteiger partial charge in [-0.25, -0.2) is 4.79 Å². The fourth-order valence-corrected chi connectivity index (χ4v) is 4.55. The molecule has 0 unspecified atom stereocenters. The van der Waals surface area contributed by atoms with E-state index in [1.165, 1.54) is 16.2 Å². The Morgan fingerprint density at radius 1 is 1.21 bits per heavy atom. The summed E-state index contributed by atoms with van der Waals surface area (Å²) >= 11 is 1.41. The number of amides is 1. The van der Waals surface area contributed by atoms with Crippen molar-refractivity contribution in [1.82, 2.24) is 0 Å². The van der Waals surface area contributed by atoms with Crippen molar-refractivity contribution >= 4 is 33.9 Å². The predicted molar refractivity (Wildman–Crippen MR) is 114 cm³/mol. The third-order valence-electron chi connectivity index (χ3n) is 5.21.